The molecule has 3 atom stereocenters. The third-order valence-electron chi connectivity index (χ3n) is 7.23. The molecule has 1 aliphatic heterocycles. The zero-order valence-corrected chi connectivity index (χ0v) is 24.2. The molecule has 1 saturated heterocycles. The fraction of sp³-hybridized carbons (Fsp3) is 0.448. The van der Waals surface area contributed by atoms with Crippen molar-refractivity contribution in [2.75, 3.05) is 25.3 Å². The molecular formula is C29H39IN4O2. The molecule has 7 heteroatoms. The van der Waals surface area contributed by atoms with Gasteiger partial charge in [-0.2, -0.15) is 0 Å². The summed E-state index contributed by atoms with van der Waals surface area (Å²) in [6.45, 7) is 7.37. The van der Waals surface area contributed by atoms with Crippen LogP contribution in [0.3, 0.4) is 0 Å². The minimum atomic E-state index is -0.219. The van der Waals surface area contributed by atoms with Crippen molar-refractivity contribution in [3.8, 4) is 5.75 Å². The molecule has 1 heterocycles. The molecule has 3 rings (SSSR count). The van der Waals surface area contributed by atoms with E-state index in [0.29, 0.717) is 17.7 Å². The van der Waals surface area contributed by atoms with Crippen molar-refractivity contribution in [3.63, 3.8) is 0 Å². The van der Waals surface area contributed by atoms with E-state index in [1.165, 1.54) is 11.8 Å². The van der Waals surface area contributed by atoms with E-state index in [4.69, 9.17) is 10.5 Å². The normalized spacial score (nSPS) is 19.9. The van der Waals surface area contributed by atoms with E-state index in [2.05, 4.69) is 62.9 Å². The summed E-state index contributed by atoms with van der Waals surface area (Å²) in [5.74, 6) is 1.13. The maximum atomic E-state index is 13.4. The summed E-state index contributed by atoms with van der Waals surface area (Å²) in [5.41, 5.74) is 11.4. The van der Waals surface area contributed by atoms with Crippen LogP contribution in [0, 0.1) is 6.92 Å². The number of piperidine rings is 1. The lowest BCUT2D eigenvalue weighted by atomic mass is 9.83. The van der Waals surface area contributed by atoms with Gasteiger partial charge in [0.15, 0.2) is 0 Å². The number of alkyl halides is 1. The predicted molar refractivity (Wildman–Crippen MR) is 158 cm³/mol. The van der Waals surface area contributed by atoms with Crippen LogP contribution in [0.4, 0.5) is 0 Å². The first kappa shape index (κ1) is 28.2. The molecule has 1 amide bonds. The topological polar surface area (TPSA) is 79.9 Å². The second-order valence-corrected chi connectivity index (χ2v) is 10.2. The van der Waals surface area contributed by atoms with Crippen LogP contribution >= 0.6 is 22.6 Å². The molecule has 1 unspecified atom stereocenters. The van der Waals surface area contributed by atoms with E-state index in [1.807, 2.05) is 32.0 Å². The van der Waals surface area contributed by atoms with Crippen LogP contribution in [0.5, 0.6) is 5.75 Å². The Kier molecular flexibility index (Phi) is 10.4. The van der Waals surface area contributed by atoms with E-state index in [1.54, 1.807) is 20.4 Å². The highest BCUT2D eigenvalue weighted by Gasteiger charge is 2.28. The Hall–Kier alpha value is -2.39. The summed E-state index contributed by atoms with van der Waals surface area (Å²) in [6.07, 6.45) is 6.67. The number of hydrogen-bond acceptors (Lipinski definition) is 5. The molecule has 6 nitrogen and oxygen atoms in total. The minimum Gasteiger partial charge on any atom is -0.497 e. The average molecular weight is 603 g/mol. The van der Waals surface area contributed by atoms with E-state index in [9.17, 15) is 4.79 Å². The van der Waals surface area contributed by atoms with Crippen molar-refractivity contribution in [1.29, 1.82) is 0 Å². The molecule has 3 N–H and O–H groups in total. The van der Waals surface area contributed by atoms with Gasteiger partial charge in [-0.05, 0) is 92.1 Å². The third kappa shape index (κ3) is 6.68. The number of aryl methyl sites for hydroxylation is 1. The van der Waals surface area contributed by atoms with Crippen LogP contribution < -0.4 is 15.8 Å². The zero-order chi connectivity index (χ0) is 26.2. The fourth-order valence-corrected chi connectivity index (χ4v) is 5.89. The van der Waals surface area contributed by atoms with Crippen molar-refractivity contribution in [2.24, 2.45) is 10.7 Å². The number of amides is 1. The minimum absolute atomic E-state index is 0.0623. The zero-order valence-electron chi connectivity index (χ0n) is 22.1. The first-order valence-electron chi connectivity index (χ1n) is 12.6. The number of likely N-dealkylation sites (tertiary alicyclic amines) is 1. The van der Waals surface area contributed by atoms with Gasteiger partial charge in [0.05, 0.1) is 17.7 Å². The van der Waals surface area contributed by atoms with Crippen LogP contribution in [0.2, 0.25) is 0 Å². The second kappa shape index (κ2) is 13.2. The lowest BCUT2D eigenvalue weighted by Gasteiger charge is -2.38. The summed E-state index contributed by atoms with van der Waals surface area (Å²) in [4.78, 5) is 20.1. The number of halogens is 1. The number of methoxy groups -OCH3 is 1. The maximum absolute atomic E-state index is 13.4. The van der Waals surface area contributed by atoms with Gasteiger partial charge in [0, 0.05) is 36.6 Å². The SMILES string of the molecule is CC[C@@H]1CC(c2ccc(C)c(C(=O)N[C@H](C)c3cc(OC)cc(C(C=NC)=CN)c3)c2)CCN1CI. The first-order valence-corrected chi connectivity index (χ1v) is 14.1. The Balaban J connectivity index is 1.82. The summed E-state index contributed by atoms with van der Waals surface area (Å²) in [6, 6.07) is 12.7. The van der Waals surface area contributed by atoms with Gasteiger partial charge in [0.25, 0.3) is 5.91 Å². The highest BCUT2D eigenvalue weighted by Crippen LogP contribution is 2.34. The maximum Gasteiger partial charge on any atom is 0.252 e. The summed E-state index contributed by atoms with van der Waals surface area (Å²) >= 11 is 2.47. The Morgan fingerprint density at radius 1 is 1.33 bits per heavy atom. The molecule has 1 aliphatic rings. The number of allylic oxidation sites excluding steroid dienone is 1. The van der Waals surface area contributed by atoms with Gasteiger partial charge < -0.3 is 15.8 Å². The number of nitrogens with zero attached hydrogens (tertiary/aromatic N) is 2. The van der Waals surface area contributed by atoms with Gasteiger partial charge in [-0.3, -0.25) is 14.7 Å². The van der Waals surface area contributed by atoms with E-state index in [-0.39, 0.29) is 11.9 Å². The number of aliphatic imine (C=N–C) groups is 1. The number of rotatable bonds is 9. The number of carbonyl (C=O) groups is 1. The van der Waals surface area contributed by atoms with Gasteiger partial charge in [0.2, 0.25) is 0 Å². The molecule has 0 spiro atoms. The van der Waals surface area contributed by atoms with E-state index >= 15 is 0 Å². The Morgan fingerprint density at radius 3 is 2.75 bits per heavy atom. The predicted octanol–water partition coefficient (Wildman–Crippen LogP) is 5.85. The van der Waals surface area contributed by atoms with Crippen LogP contribution in [0.1, 0.15) is 77.7 Å². The number of benzene rings is 2. The highest BCUT2D eigenvalue weighted by molar-refractivity contribution is 14.1. The standard InChI is InChI=1S/C29H39IN4O2/c1-6-26-12-22(9-10-34(26)18-30)21-8-7-19(2)28(15-21)29(35)33-20(3)23-11-24(14-27(13-23)36-5)25(16-31)17-32-4/h7-8,11,13-17,20,22,26H,6,9-10,12,18,31H2,1-5H3,(H,33,35)/t20-,22?,26-/m1/s1. The summed E-state index contributed by atoms with van der Waals surface area (Å²) in [5, 5.41) is 3.20. The highest BCUT2D eigenvalue weighted by atomic mass is 127. The van der Waals surface area contributed by atoms with Crippen LogP contribution in [0.25, 0.3) is 5.57 Å². The molecule has 0 aliphatic carbocycles. The molecule has 0 aromatic heterocycles. The average Bonchev–Trinajstić information content (AvgIpc) is 2.91. The van der Waals surface area contributed by atoms with Crippen LogP contribution in [-0.4, -0.2) is 48.3 Å². The number of carbonyl (C=O) groups excluding carboxylic acids is 1. The van der Waals surface area contributed by atoms with Crippen molar-refractivity contribution < 1.29 is 9.53 Å². The molecule has 0 saturated carbocycles. The van der Waals surface area contributed by atoms with Crippen molar-refractivity contribution >= 4 is 40.3 Å². The fourth-order valence-electron chi connectivity index (χ4n) is 4.99. The van der Waals surface area contributed by atoms with Crippen molar-refractivity contribution in [2.45, 2.75) is 58.0 Å². The monoisotopic (exact) mass is 602 g/mol. The van der Waals surface area contributed by atoms with Gasteiger partial charge in [-0.1, -0.05) is 41.6 Å². The smallest absolute Gasteiger partial charge is 0.252 e. The molecule has 1 fully saturated rings. The molecule has 194 valence electrons. The van der Waals surface area contributed by atoms with Gasteiger partial charge in [0.1, 0.15) is 5.75 Å². The lowest BCUT2D eigenvalue weighted by molar-refractivity contribution is 0.0939. The first-order chi connectivity index (χ1) is 17.3. The van der Waals surface area contributed by atoms with Gasteiger partial charge in [-0.15, -0.1) is 0 Å². The van der Waals surface area contributed by atoms with E-state index < -0.39 is 0 Å². The van der Waals surface area contributed by atoms with E-state index in [0.717, 1.165) is 58.2 Å². The molecule has 2 aromatic rings. The molecule has 36 heavy (non-hydrogen) atoms. The largest absolute Gasteiger partial charge is 0.497 e. The Morgan fingerprint density at radius 2 is 2.11 bits per heavy atom. The quantitative estimate of drug-likeness (QED) is 0.164. The number of nitrogens with one attached hydrogen (secondary N) is 1. The summed E-state index contributed by atoms with van der Waals surface area (Å²) < 4.78 is 6.59. The van der Waals surface area contributed by atoms with Crippen molar-refractivity contribution in [3.05, 3.63) is 70.4 Å². The Bertz CT molecular complexity index is 1110. The molecule has 0 bridgehead atoms. The third-order valence-corrected chi connectivity index (χ3v) is 8.11. The lowest BCUT2D eigenvalue weighted by Crippen LogP contribution is -2.40. The number of nitrogens with two attached hydrogens (primary N) is 1. The molecular weight excluding hydrogens is 563 g/mol. The molecule has 2 aromatic carbocycles. The summed E-state index contributed by atoms with van der Waals surface area (Å²) in [7, 11) is 3.34. The van der Waals surface area contributed by atoms with Crippen LogP contribution in [-0.2, 0) is 0 Å². The Labute approximate surface area is 229 Å². The van der Waals surface area contributed by atoms with Gasteiger partial charge >= 0.3 is 0 Å². The number of ether oxygens (including phenoxy) is 1. The number of hydrogen-bond donors (Lipinski definition) is 2. The second-order valence-electron chi connectivity index (χ2n) is 9.49. The van der Waals surface area contributed by atoms with Crippen molar-refractivity contribution in [1.82, 2.24) is 10.2 Å². The van der Waals surface area contributed by atoms with Gasteiger partial charge in [-0.25, -0.2) is 0 Å². The molecule has 0 radical (unpaired) electrons. The van der Waals surface area contributed by atoms with Crippen LogP contribution in [0.15, 0.2) is 47.6 Å².